The fourth-order valence-electron chi connectivity index (χ4n) is 2.13. The molecule has 1 aromatic carbocycles. The van der Waals surface area contributed by atoms with E-state index in [1.807, 2.05) is 31.2 Å². The lowest BCUT2D eigenvalue weighted by Gasteiger charge is -2.24. The number of urea groups is 1. The summed E-state index contributed by atoms with van der Waals surface area (Å²) in [5, 5.41) is 5.17. The van der Waals surface area contributed by atoms with Gasteiger partial charge in [-0.15, -0.1) is 0 Å². The lowest BCUT2D eigenvalue weighted by atomic mass is 10.1. The second-order valence-electron chi connectivity index (χ2n) is 5.28. The standard InChI is InChI=1S/C16H20FN3O2/c1-12-4-6-13(7-5-12)9-18-16(22)19-10-15(21)20-8-2-3-14(17)11-20/h3-7H,2,8-11H2,1H3,(H2,18,19,22). The molecule has 6 heteroatoms. The number of rotatable bonds is 4. The van der Waals surface area contributed by atoms with Gasteiger partial charge in [0.05, 0.1) is 13.1 Å². The molecule has 0 saturated carbocycles. The second kappa shape index (κ2) is 7.59. The van der Waals surface area contributed by atoms with Gasteiger partial charge in [-0.3, -0.25) is 4.79 Å². The fourth-order valence-corrected chi connectivity index (χ4v) is 2.13. The maximum atomic E-state index is 13.1. The minimum absolute atomic E-state index is 0.00843. The molecule has 0 aliphatic carbocycles. The molecule has 0 spiro atoms. The molecule has 1 aromatic rings. The Morgan fingerprint density at radius 1 is 1.23 bits per heavy atom. The van der Waals surface area contributed by atoms with Crippen molar-refractivity contribution in [1.29, 1.82) is 0 Å². The molecule has 2 rings (SSSR count). The van der Waals surface area contributed by atoms with E-state index >= 15 is 0 Å². The molecule has 118 valence electrons. The number of nitrogens with one attached hydrogen (secondary N) is 2. The van der Waals surface area contributed by atoms with Gasteiger partial charge in [0, 0.05) is 13.1 Å². The summed E-state index contributed by atoms with van der Waals surface area (Å²) in [6, 6.07) is 7.39. The van der Waals surface area contributed by atoms with E-state index in [9.17, 15) is 14.0 Å². The predicted molar refractivity (Wildman–Crippen MR) is 81.8 cm³/mol. The first-order valence-electron chi connectivity index (χ1n) is 7.24. The second-order valence-corrected chi connectivity index (χ2v) is 5.28. The van der Waals surface area contributed by atoms with Crippen LogP contribution in [0.15, 0.2) is 36.2 Å². The van der Waals surface area contributed by atoms with Crippen LogP contribution in [0.4, 0.5) is 9.18 Å². The van der Waals surface area contributed by atoms with E-state index in [2.05, 4.69) is 10.6 Å². The highest BCUT2D eigenvalue weighted by Crippen LogP contribution is 2.10. The largest absolute Gasteiger partial charge is 0.334 e. The average Bonchev–Trinajstić information content (AvgIpc) is 2.52. The van der Waals surface area contributed by atoms with Crippen molar-refractivity contribution in [3.05, 3.63) is 47.3 Å². The van der Waals surface area contributed by atoms with E-state index in [1.165, 1.54) is 11.0 Å². The van der Waals surface area contributed by atoms with Gasteiger partial charge < -0.3 is 15.5 Å². The van der Waals surface area contributed by atoms with E-state index < -0.39 is 6.03 Å². The Balaban J connectivity index is 1.70. The molecule has 0 aromatic heterocycles. The smallest absolute Gasteiger partial charge is 0.315 e. The third-order valence-corrected chi connectivity index (χ3v) is 3.43. The van der Waals surface area contributed by atoms with Crippen molar-refractivity contribution in [1.82, 2.24) is 15.5 Å². The van der Waals surface area contributed by atoms with Crippen molar-refractivity contribution in [2.24, 2.45) is 0 Å². The third kappa shape index (κ3) is 4.87. The summed E-state index contributed by atoms with van der Waals surface area (Å²) < 4.78 is 13.1. The van der Waals surface area contributed by atoms with Crippen LogP contribution in [-0.2, 0) is 11.3 Å². The van der Waals surface area contributed by atoms with Crippen LogP contribution in [0, 0.1) is 6.92 Å². The van der Waals surface area contributed by atoms with Crippen LogP contribution in [0.5, 0.6) is 0 Å². The zero-order valence-corrected chi connectivity index (χ0v) is 12.6. The number of aryl methyl sites for hydroxylation is 1. The van der Waals surface area contributed by atoms with Gasteiger partial charge in [-0.2, -0.15) is 0 Å². The molecule has 0 bridgehead atoms. The fraction of sp³-hybridized carbons (Fsp3) is 0.375. The molecule has 2 N–H and O–H groups in total. The van der Waals surface area contributed by atoms with Gasteiger partial charge in [0.1, 0.15) is 5.83 Å². The molecule has 1 aliphatic heterocycles. The summed E-state index contributed by atoms with van der Waals surface area (Å²) in [6.07, 6.45) is 1.99. The van der Waals surface area contributed by atoms with Gasteiger partial charge in [0.25, 0.3) is 0 Å². The summed E-state index contributed by atoms with van der Waals surface area (Å²) in [5.74, 6) is -0.586. The summed E-state index contributed by atoms with van der Waals surface area (Å²) in [5.41, 5.74) is 2.14. The summed E-state index contributed by atoms with van der Waals surface area (Å²) >= 11 is 0. The molecule has 1 heterocycles. The number of carbonyl (C=O) groups is 2. The van der Waals surface area contributed by atoms with E-state index in [0.717, 1.165) is 11.1 Å². The van der Waals surface area contributed by atoms with E-state index in [1.54, 1.807) is 0 Å². The normalized spacial score (nSPS) is 14.3. The van der Waals surface area contributed by atoms with Crippen LogP contribution in [-0.4, -0.2) is 36.5 Å². The Hall–Kier alpha value is -2.37. The van der Waals surface area contributed by atoms with Crippen LogP contribution < -0.4 is 10.6 Å². The highest BCUT2D eigenvalue weighted by Gasteiger charge is 2.18. The predicted octanol–water partition coefficient (Wildman–Crippen LogP) is 1.88. The van der Waals surface area contributed by atoms with Crippen molar-refractivity contribution in [3.8, 4) is 0 Å². The number of amides is 3. The van der Waals surface area contributed by atoms with E-state index in [4.69, 9.17) is 0 Å². The summed E-state index contributed by atoms with van der Waals surface area (Å²) in [6.45, 7) is 2.73. The first-order valence-corrected chi connectivity index (χ1v) is 7.24. The zero-order valence-electron chi connectivity index (χ0n) is 12.6. The Labute approximate surface area is 129 Å². The quantitative estimate of drug-likeness (QED) is 0.892. The number of hydrogen-bond acceptors (Lipinski definition) is 2. The van der Waals surface area contributed by atoms with Crippen molar-refractivity contribution in [3.63, 3.8) is 0 Å². The lowest BCUT2D eigenvalue weighted by Crippen LogP contribution is -2.45. The molecule has 5 nitrogen and oxygen atoms in total. The van der Waals surface area contributed by atoms with Crippen molar-refractivity contribution < 1.29 is 14.0 Å². The Morgan fingerprint density at radius 2 is 1.95 bits per heavy atom. The lowest BCUT2D eigenvalue weighted by molar-refractivity contribution is -0.130. The highest BCUT2D eigenvalue weighted by molar-refractivity contribution is 5.84. The molecule has 3 amide bonds. The molecule has 1 aliphatic rings. The van der Waals surface area contributed by atoms with Gasteiger partial charge in [0.2, 0.25) is 5.91 Å². The van der Waals surface area contributed by atoms with Gasteiger partial charge in [-0.25, -0.2) is 9.18 Å². The molecule has 0 radical (unpaired) electrons. The van der Waals surface area contributed by atoms with Gasteiger partial charge in [0.15, 0.2) is 0 Å². The number of hydrogen-bond donors (Lipinski definition) is 2. The van der Waals surface area contributed by atoms with Gasteiger partial charge >= 0.3 is 6.03 Å². The number of benzene rings is 1. The maximum absolute atomic E-state index is 13.1. The SMILES string of the molecule is Cc1ccc(CNC(=O)NCC(=O)N2CCC=C(F)C2)cc1. The van der Waals surface area contributed by atoms with Crippen LogP contribution in [0.25, 0.3) is 0 Å². The van der Waals surface area contributed by atoms with E-state index in [0.29, 0.717) is 19.5 Å². The van der Waals surface area contributed by atoms with Crippen molar-refractivity contribution in [2.75, 3.05) is 19.6 Å². The molecule has 0 saturated heterocycles. The summed E-state index contributed by atoms with van der Waals surface area (Å²) in [7, 11) is 0. The van der Waals surface area contributed by atoms with Gasteiger partial charge in [-0.1, -0.05) is 29.8 Å². The first-order chi connectivity index (χ1) is 10.5. The van der Waals surface area contributed by atoms with Crippen LogP contribution in [0.1, 0.15) is 17.5 Å². The molecule has 22 heavy (non-hydrogen) atoms. The molecule has 0 fully saturated rings. The zero-order chi connectivity index (χ0) is 15.9. The third-order valence-electron chi connectivity index (χ3n) is 3.43. The van der Waals surface area contributed by atoms with Crippen molar-refractivity contribution >= 4 is 11.9 Å². The first kappa shape index (κ1) is 16.0. The molecule has 0 atom stereocenters. The number of halogens is 1. The van der Waals surface area contributed by atoms with Crippen LogP contribution in [0.2, 0.25) is 0 Å². The summed E-state index contributed by atoms with van der Waals surface area (Å²) in [4.78, 5) is 24.9. The van der Waals surface area contributed by atoms with E-state index in [-0.39, 0.29) is 24.8 Å². The Morgan fingerprint density at radius 3 is 2.64 bits per heavy atom. The minimum Gasteiger partial charge on any atom is -0.334 e. The molecular weight excluding hydrogens is 285 g/mol. The molecule has 0 unspecified atom stereocenters. The van der Waals surface area contributed by atoms with Crippen LogP contribution in [0.3, 0.4) is 0 Å². The number of carbonyl (C=O) groups excluding carboxylic acids is 2. The van der Waals surface area contributed by atoms with Crippen LogP contribution >= 0.6 is 0 Å². The monoisotopic (exact) mass is 305 g/mol. The maximum Gasteiger partial charge on any atom is 0.315 e. The Kier molecular flexibility index (Phi) is 5.52. The highest BCUT2D eigenvalue weighted by atomic mass is 19.1. The molecular formula is C16H20FN3O2. The average molecular weight is 305 g/mol. The topological polar surface area (TPSA) is 61.4 Å². The number of nitrogens with zero attached hydrogens (tertiary/aromatic N) is 1. The van der Waals surface area contributed by atoms with Gasteiger partial charge in [-0.05, 0) is 25.0 Å². The minimum atomic E-state index is -0.415. The Bertz CT molecular complexity index is 569. The van der Waals surface area contributed by atoms with Crippen molar-refractivity contribution in [2.45, 2.75) is 19.9 Å².